The molecule has 0 fully saturated rings. The summed E-state index contributed by atoms with van der Waals surface area (Å²) in [6.45, 7) is 0. The third-order valence-electron chi connectivity index (χ3n) is 2.37. The van der Waals surface area contributed by atoms with Crippen LogP contribution in [-0.4, -0.2) is 22.0 Å². The van der Waals surface area contributed by atoms with Crippen LogP contribution in [-0.2, 0) is 0 Å². The Balaban J connectivity index is 2.17. The van der Waals surface area contributed by atoms with Gasteiger partial charge in [0.1, 0.15) is 5.69 Å². The van der Waals surface area contributed by atoms with Crippen LogP contribution in [0.2, 0.25) is 10.0 Å². The lowest BCUT2D eigenvalue weighted by Crippen LogP contribution is -2.13. The highest BCUT2D eigenvalue weighted by Crippen LogP contribution is 2.22. The van der Waals surface area contributed by atoms with Crippen LogP contribution in [0.25, 0.3) is 0 Å². The summed E-state index contributed by atoms with van der Waals surface area (Å²) >= 11 is 11.6. The molecule has 5 nitrogen and oxygen atoms in total. The average Bonchev–Trinajstić information content (AvgIpc) is 2.37. The lowest BCUT2D eigenvalue weighted by atomic mass is 10.2. The molecule has 0 atom stereocenters. The molecular formula is C13H8Cl2N2O3. The van der Waals surface area contributed by atoms with Crippen molar-refractivity contribution in [2.24, 2.45) is 0 Å². The Morgan fingerprint density at radius 3 is 2.25 bits per heavy atom. The van der Waals surface area contributed by atoms with Crippen LogP contribution in [0, 0.1) is 0 Å². The van der Waals surface area contributed by atoms with Gasteiger partial charge in [0.25, 0.3) is 5.91 Å². The Morgan fingerprint density at radius 1 is 1.10 bits per heavy atom. The van der Waals surface area contributed by atoms with Gasteiger partial charge < -0.3 is 10.4 Å². The van der Waals surface area contributed by atoms with E-state index in [9.17, 15) is 9.59 Å². The first-order chi connectivity index (χ1) is 9.45. The van der Waals surface area contributed by atoms with E-state index in [1.165, 1.54) is 18.3 Å². The molecular weight excluding hydrogens is 303 g/mol. The van der Waals surface area contributed by atoms with Crippen molar-refractivity contribution in [3.63, 3.8) is 0 Å². The van der Waals surface area contributed by atoms with E-state index in [4.69, 9.17) is 28.3 Å². The van der Waals surface area contributed by atoms with Crippen molar-refractivity contribution in [1.29, 1.82) is 0 Å². The van der Waals surface area contributed by atoms with Gasteiger partial charge in [-0.1, -0.05) is 23.2 Å². The van der Waals surface area contributed by atoms with Crippen molar-refractivity contribution in [3.8, 4) is 0 Å². The molecule has 0 aliphatic rings. The van der Waals surface area contributed by atoms with E-state index in [-0.39, 0.29) is 11.3 Å². The predicted molar refractivity (Wildman–Crippen MR) is 75.6 cm³/mol. The topological polar surface area (TPSA) is 79.3 Å². The van der Waals surface area contributed by atoms with Crippen LogP contribution in [0.5, 0.6) is 0 Å². The fourth-order valence-corrected chi connectivity index (χ4v) is 2.01. The molecule has 1 amide bonds. The van der Waals surface area contributed by atoms with Crippen molar-refractivity contribution < 1.29 is 14.7 Å². The molecule has 0 saturated carbocycles. The lowest BCUT2D eigenvalue weighted by molar-refractivity contribution is 0.0690. The van der Waals surface area contributed by atoms with Crippen molar-refractivity contribution in [2.75, 3.05) is 5.32 Å². The molecule has 1 aromatic heterocycles. The monoisotopic (exact) mass is 310 g/mol. The van der Waals surface area contributed by atoms with Gasteiger partial charge in [0.05, 0.1) is 5.56 Å². The molecule has 0 aliphatic heterocycles. The van der Waals surface area contributed by atoms with Gasteiger partial charge in [0.2, 0.25) is 0 Å². The number of carbonyl (C=O) groups excluding carboxylic acids is 1. The summed E-state index contributed by atoms with van der Waals surface area (Å²) in [5.41, 5.74) is 0.535. The normalized spacial score (nSPS) is 10.1. The summed E-state index contributed by atoms with van der Waals surface area (Å²) < 4.78 is 0. The van der Waals surface area contributed by atoms with E-state index in [1.807, 2.05) is 0 Å². The summed E-state index contributed by atoms with van der Waals surface area (Å²) in [5.74, 6) is -1.59. The molecule has 0 spiro atoms. The molecule has 20 heavy (non-hydrogen) atoms. The fourth-order valence-electron chi connectivity index (χ4n) is 1.48. The standard InChI is InChI=1S/C13H8Cl2N2O3/c14-8-3-9(15)5-10(4-8)17-12(18)7-1-2-11(13(19)20)16-6-7/h1-6H,(H,17,18)(H,19,20). The number of aromatic nitrogens is 1. The Hall–Kier alpha value is -2.11. The summed E-state index contributed by atoms with van der Waals surface area (Å²) in [5, 5.41) is 12.1. The first-order valence-corrected chi connectivity index (χ1v) is 6.18. The number of amides is 1. The second-order valence-electron chi connectivity index (χ2n) is 3.85. The Kier molecular flexibility index (Phi) is 4.22. The molecule has 0 aliphatic carbocycles. The third-order valence-corrected chi connectivity index (χ3v) is 2.80. The fraction of sp³-hybridized carbons (Fsp3) is 0. The first-order valence-electron chi connectivity index (χ1n) is 5.42. The lowest BCUT2D eigenvalue weighted by Gasteiger charge is -2.06. The van der Waals surface area contributed by atoms with Gasteiger partial charge in [-0.05, 0) is 30.3 Å². The van der Waals surface area contributed by atoms with Gasteiger partial charge in [0, 0.05) is 21.9 Å². The minimum atomic E-state index is -1.15. The number of rotatable bonds is 3. The van der Waals surface area contributed by atoms with E-state index in [1.54, 1.807) is 18.2 Å². The Morgan fingerprint density at radius 2 is 1.75 bits per heavy atom. The molecule has 0 saturated heterocycles. The Labute approximate surface area is 124 Å². The SMILES string of the molecule is O=C(Nc1cc(Cl)cc(Cl)c1)c1ccc(C(=O)O)nc1. The summed E-state index contributed by atoms with van der Waals surface area (Å²) in [6.07, 6.45) is 1.19. The molecule has 0 unspecified atom stereocenters. The number of benzene rings is 1. The van der Waals surface area contributed by atoms with Gasteiger partial charge in [-0.15, -0.1) is 0 Å². The molecule has 7 heteroatoms. The van der Waals surface area contributed by atoms with E-state index in [2.05, 4.69) is 10.3 Å². The number of pyridine rings is 1. The number of nitrogens with one attached hydrogen (secondary N) is 1. The second-order valence-corrected chi connectivity index (χ2v) is 4.72. The van der Waals surface area contributed by atoms with Crippen LogP contribution >= 0.6 is 23.2 Å². The number of anilines is 1. The quantitative estimate of drug-likeness (QED) is 0.911. The van der Waals surface area contributed by atoms with Crippen LogP contribution in [0.15, 0.2) is 36.5 Å². The molecule has 1 aromatic carbocycles. The van der Waals surface area contributed by atoms with Gasteiger partial charge >= 0.3 is 5.97 Å². The largest absolute Gasteiger partial charge is 0.477 e. The van der Waals surface area contributed by atoms with Crippen molar-refractivity contribution in [2.45, 2.75) is 0 Å². The Bertz CT molecular complexity index is 652. The minimum absolute atomic E-state index is 0.132. The van der Waals surface area contributed by atoms with Gasteiger partial charge in [0.15, 0.2) is 0 Å². The first kappa shape index (κ1) is 14.3. The third kappa shape index (κ3) is 3.46. The van der Waals surface area contributed by atoms with Gasteiger partial charge in [-0.3, -0.25) is 4.79 Å². The van der Waals surface area contributed by atoms with Crippen LogP contribution in [0.3, 0.4) is 0 Å². The van der Waals surface area contributed by atoms with E-state index in [0.717, 1.165) is 0 Å². The summed E-state index contributed by atoms with van der Waals surface area (Å²) in [7, 11) is 0. The number of carbonyl (C=O) groups is 2. The molecule has 0 radical (unpaired) electrons. The zero-order valence-corrected chi connectivity index (χ0v) is 11.4. The van der Waals surface area contributed by atoms with Crippen molar-refractivity contribution in [1.82, 2.24) is 4.98 Å². The molecule has 0 bridgehead atoms. The molecule has 1 heterocycles. The highest BCUT2D eigenvalue weighted by atomic mass is 35.5. The zero-order chi connectivity index (χ0) is 14.7. The van der Waals surface area contributed by atoms with Crippen molar-refractivity contribution >= 4 is 40.8 Å². The average molecular weight is 311 g/mol. The summed E-state index contributed by atoms with van der Waals surface area (Å²) in [6, 6.07) is 7.26. The highest BCUT2D eigenvalue weighted by Gasteiger charge is 2.10. The number of hydrogen-bond acceptors (Lipinski definition) is 3. The minimum Gasteiger partial charge on any atom is -0.477 e. The number of carboxylic acids is 1. The van der Waals surface area contributed by atoms with Crippen LogP contribution in [0.1, 0.15) is 20.8 Å². The predicted octanol–water partition coefficient (Wildman–Crippen LogP) is 3.34. The van der Waals surface area contributed by atoms with Crippen LogP contribution in [0.4, 0.5) is 5.69 Å². The summed E-state index contributed by atoms with van der Waals surface area (Å²) in [4.78, 5) is 26.3. The number of carboxylic acid groups (broad SMARTS) is 1. The van der Waals surface area contributed by atoms with E-state index < -0.39 is 11.9 Å². The maximum atomic E-state index is 11.9. The van der Waals surface area contributed by atoms with Gasteiger partial charge in [-0.2, -0.15) is 0 Å². The van der Waals surface area contributed by atoms with Crippen molar-refractivity contribution in [3.05, 3.63) is 57.8 Å². The maximum absolute atomic E-state index is 11.9. The molecule has 2 rings (SSSR count). The van der Waals surface area contributed by atoms with E-state index in [0.29, 0.717) is 15.7 Å². The number of hydrogen-bond donors (Lipinski definition) is 2. The zero-order valence-electron chi connectivity index (χ0n) is 9.93. The van der Waals surface area contributed by atoms with E-state index >= 15 is 0 Å². The highest BCUT2D eigenvalue weighted by molar-refractivity contribution is 6.35. The molecule has 102 valence electrons. The van der Waals surface area contributed by atoms with Crippen LogP contribution < -0.4 is 5.32 Å². The molecule has 2 aromatic rings. The smallest absolute Gasteiger partial charge is 0.354 e. The number of nitrogens with zero attached hydrogens (tertiary/aromatic N) is 1. The second kappa shape index (κ2) is 5.90. The molecule has 2 N–H and O–H groups in total. The van der Waals surface area contributed by atoms with Gasteiger partial charge in [-0.25, -0.2) is 9.78 Å². The maximum Gasteiger partial charge on any atom is 0.354 e. The number of aromatic carboxylic acids is 1. The number of halogens is 2.